The lowest BCUT2D eigenvalue weighted by Gasteiger charge is -2.34. The molecule has 0 radical (unpaired) electrons. The minimum absolute atomic E-state index is 0.907. The normalized spacial score (nSPS) is 17.4. The van der Waals surface area contributed by atoms with Crippen molar-refractivity contribution in [3.8, 4) is 0 Å². The number of piperazine rings is 1. The molecule has 0 bridgehead atoms. The van der Waals surface area contributed by atoms with E-state index in [2.05, 4.69) is 39.2 Å². The van der Waals surface area contributed by atoms with Gasteiger partial charge in [0.15, 0.2) is 0 Å². The minimum Gasteiger partial charge on any atom is -0.354 e. The van der Waals surface area contributed by atoms with E-state index in [0.29, 0.717) is 0 Å². The molecule has 4 nitrogen and oxygen atoms in total. The lowest BCUT2D eigenvalue weighted by molar-refractivity contribution is 0.270. The molecule has 0 atom stereocenters. The van der Waals surface area contributed by atoms with Gasteiger partial charge in [0.1, 0.15) is 5.82 Å². The van der Waals surface area contributed by atoms with E-state index in [1.54, 1.807) is 0 Å². The molecule has 94 valence electrons. The molecule has 2 rings (SSSR count). The molecule has 0 amide bonds. The fourth-order valence-corrected chi connectivity index (χ4v) is 2.24. The van der Waals surface area contributed by atoms with Crippen LogP contribution < -0.4 is 10.2 Å². The number of nitrogens with one attached hydrogen (secondary N) is 1. The van der Waals surface area contributed by atoms with Gasteiger partial charge in [-0.15, -0.1) is 0 Å². The zero-order valence-electron chi connectivity index (χ0n) is 10.8. The Morgan fingerprint density at radius 1 is 1.29 bits per heavy atom. The first kappa shape index (κ1) is 12.3. The van der Waals surface area contributed by atoms with Gasteiger partial charge < -0.3 is 15.1 Å². The smallest absolute Gasteiger partial charge is 0.128 e. The Kier molecular flexibility index (Phi) is 4.34. The maximum atomic E-state index is 4.48. The van der Waals surface area contributed by atoms with Crippen molar-refractivity contribution in [2.75, 3.05) is 44.7 Å². The fraction of sp³-hybridized carbons (Fsp3) is 0.615. The topological polar surface area (TPSA) is 31.4 Å². The summed E-state index contributed by atoms with van der Waals surface area (Å²) >= 11 is 0. The quantitative estimate of drug-likeness (QED) is 0.840. The Labute approximate surface area is 104 Å². The monoisotopic (exact) mass is 234 g/mol. The summed E-state index contributed by atoms with van der Waals surface area (Å²) in [5.74, 6) is 1.12. The summed E-state index contributed by atoms with van der Waals surface area (Å²) in [5, 5.41) is 3.18. The molecule has 0 unspecified atom stereocenters. The lowest BCUT2D eigenvalue weighted by atomic mass is 10.2. The molecule has 4 heteroatoms. The minimum atomic E-state index is 0.907. The molecule has 0 spiro atoms. The Bertz CT molecular complexity index is 345. The van der Waals surface area contributed by atoms with Crippen molar-refractivity contribution < 1.29 is 0 Å². The number of hydrogen-bond acceptors (Lipinski definition) is 4. The van der Waals surface area contributed by atoms with Crippen molar-refractivity contribution in [1.82, 2.24) is 15.2 Å². The standard InChI is InChI=1S/C13H22N4/c1-3-16-6-8-17(9-7-16)13-10-12(11-14-2)4-5-15-13/h4-5,10,14H,3,6-9,11H2,1-2H3. The third-order valence-corrected chi connectivity index (χ3v) is 3.33. The van der Waals surface area contributed by atoms with E-state index in [4.69, 9.17) is 0 Å². The number of pyridine rings is 1. The molecular weight excluding hydrogens is 212 g/mol. The van der Waals surface area contributed by atoms with Crippen molar-refractivity contribution in [1.29, 1.82) is 0 Å². The van der Waals surface area contributed by atoms with Gasteiger partial charge in [-0.05, 0) is 31.3 Å². The van der Waals surface area contributed by atoms with Gasteiger partial charge in [-0.25, -0.2) is 4.98 Å². The summed E-state index contributed by atoms with van der Waals surface area (Å²) in [6, 6.07) is 4.26. The molecule has 1 aromatic rings. The second kappa shape index (κ2) is 5.98. The summed E-state index contributed by atoms with van der Waals surface area (Å²) in [6.07, 6.45) is 1.91. The first-order valence-corrected chi connectivity index (χ1v) is 6.40. The molecule has 0 saturated carbocycles. The SMILES string of the molecule is CCN1CCN(c2cc(CNC)ccn2)CC1. The summed E-state index contributed by atoms with van der Waals surface area (Å²) in [7, 11) is 1.97. The highest BCUT2D eigenvalue weighted by Gasteiger charge is 2.16. The molecule has 1 saturated heterocycles. The van der Waals surface area contributed by atoms with E-state index in [1.165, 1.54) is 5.56 Å². The van der Waals surface area contributed by atoms with Gasteiger partial charge in [-0.1, -0.05) is 6.92 Å². The van der Waals surface area contributed by atoms with Crippen molar-refractivity contribution in [3.63, 3.8) is 0 Å². The van der Waals surface area contributed by atoms with Crippen LogP contribution in [0.4, 0.5) is 5.82 Å². The van der Waals surface area contributed by atoms with Gasteiger partial charge in [-0.3, -0.25) is 0 Å². The largest absolute Gasteiger partial charge is 0.354 e. The Hall–Kier alpha value is -1.13. The van der Waals surface area contributed by atoms with Crippen LogP contribution in [0.25, 0.3) is 0 Å². The number of anilines is 1. The van der Waals surface area contributed by atoms with E-state index >= 15 is 0 Å². The van der Waals surface area contributed by atoms with Crippen LogP contribution in [-0.2, 0) is 6.54 Å². The van der Waals surface area contributed by atoms with Crippen LogP contribution in [-0.4, -0.2) is 49.7 Å². The maximum Gasteiger partial charge on any atom is 0.128 e. The Balaban J connectivity index is 2.00. The highest BCUT2D eigenvalue weighted by molar-refractivity contribution is 5.41. The highest BCUT2D eigenvalue weighted by atomic mass is 15.3. The molecule has 0 aliphatic carbocycles. The summed E-state index contributed by atoms with van der Waals surface area (Å²) in [4.78, 5) is 9.34. The Morgan fingerprint density at radius 2 is 2.06 bits per heavy atom. The average Bonchev–Trinajstić information content (AvgIpc) is 2.40. The number of hydrogen-bond donors (Lipinski definition) is 1. The van der Waals surface area contributed by atoms with E-state index < -0.39 is 0 Å². The van der Waals surface area contributed by atoms with Gasteiger partial charge in [0.2, 0.25) is 0 Å². The van der Waals surface area contributed by atoms with Crippen molar-refractivity contribution >= 4 is 5.82 Å². The van der Waals surface area contributed by atoms with Gasteiger partial charge in [-0.2, -0.15) is 0 Å². The number of aromatic nitrogens is 1. The second-order valence-electron chi connectivity index (χ2n) is 4.47. The third kappa shape index (κ3) is 3.17. The molecule has 0 aromatic carbocycles. The zero-order chi connectivity index (χ0) is 12.1. The fourth-order valence-electron chi connectivity index (χ4n) is 2.24. The van der Waals surface area contributed by atoms with Gasteiger partial charge >= 0.3 is 0 Å². The molecule has 1 N–H and O–H groups in total. The van der Waals surface area contributed by atoms with Crippen LogP contribution in [0.3, 0.4) is 0 Å². The number of nitrogens with zero attached hydrogens (tertiary/aromatic N) is 3. The van der Waals surface area contributed by atoms with Gasteiger partial charge in [0.05, 0.1) is 0 Å². The average molecular weight is 234 g/mol. The molecule has 1 aliphatic rings. The van der Waals surface area contributed by atoms with E-state index in [-0.39, 0.29) is 0 Å². The van der Waals surface area contributed by atoms with Gasteiger partial charge in [0, 0.05) is 38.9 Å². The lowest BCUT2D eigenvalue weighted by Crippen LogP contribution is -2.46. The van der Waals surface area contributed by atoms with Gasteiger partial charge in [0.25, 0.3) is 0 Å². The van der Waals surface area contributed by atoms with E-state index in [9.17, 15) is 0 Å². The van der Waals surface area contributed by atoms with E-state index in [1.807, 2.05) is 13.2 Å². The van der Waals surface area contributed by atoms with Crippen molar-refractivity contribution in [2.45, 2.75) is 13.5 Å². The molecule has 1 aliphatic heterocycles. The van der Waals surface area contributed by atoms with Crippen LogP contribution >= 0.6 is 0 Å². The van der Waals surface area contributed by atoms with Crippen LogP contribution in [0.1, 0.15) is 12.5 Å². The third-order valence-electron chi connectivity index (χ3n) is 3.33. The molecular formula is C13H22N4. The first-order valence-electron chi connectivity index (χ1n) is 6.40. The van der Waals surface area contributed by atoms with Crippen LogP contribution in [0.2, 0.25) is 0 Å². The van der Waals surface area contributed by atoms with Crippen molar-refractivity contribution in [3.05, 3.63) is 23.9 Å². The molecule has 17 heavy (non-hydrogen) atoms. The zero-order valence-corrected chi connectivity index (χ0v) is 10.8. The first-order chi connectivity index (χ1) is 8.33. The Morgan fingerprint density at radius 3 is 2.71 bits per heavy atom. The second-order valence-corrected chi connectivity index (χ2v) is 4.47. The summed E-state index contributed by atoms with van der Waals surface area (Å²) in [6.45, 7) is 8.75. The molecule has 2 heterocycles. The highest BCUT2D eigenvalue weighted by Crippen LogP contribution is 2.14. The van der Waals surface area contributed by atoms with Crippen molar-refractivity contribution in [2.24, 2.45) is 0 Å². The molecule has 1 aromatic heterocycles. The predicted molar refractivity (Wildman–Crippen MR) is 71.3 cm³/mol. The maximum absolute atomic E-state index is 4.48. The number of rotatable bonds is 4. The summed E-state index contributed by atoms with van der Waals surface area (Å²) < 4.78 is 0. The van der Waals surface area contributed by atoms with Crippen LogP contribution in [0.5, 0.6) is 0 Å². The van der Waals surface area contributed by atoms with Crippen LogP contribution in [0.15, 0.2) is 18.3 Å². The predicted octanol–water partition coefficient (Wildman–Crippen LogP) is 0.943. The number of likely N-dealkylation sites (N-methyl/N-ethyl adjacent to an activating group) is 1. The van der Waals surface area contributed by atoms with Crippen LogP contribution in [0, 0.1) is 0 Å². The van der Waals surface area contributed by atoms with E-state index in [0.717, 1.165) is 45.1 Å². The molecule has 1 fully saturated rings. The summed E-state index contributed by atoms with van der Waals surface area (Å²) in [5.41, 5.74) is 1.30.